The van der Waals surface area contributed by atoms with Crippen LogP contribution < -0.4 is 14.4 Å². The number of ether oxygens (including phenoxy) is 2. The van der Waals surface area contributed by atoms with Crippen LogP contribution in [0.5, 0.6) is 11.5 Å². The maximum atomic E-state index is 9.40. The summed E-state index contributed by atoms with van der Waals surface area (Å²) in [4.78, 5) is 6.89. The molecule has 2 aliphatic rings. The van der Waals surface area contributed by atoms with Gasteiger partial charge in [-0.05, 0) is 25.0 Å². The third-order valence-electron chi connectivity index (χ3n) is 3.98. The van der Waals surface area contributed by atoms with E-state index in [-0.39, 0.29) is 0 Å². The Balaban J connectivity index is 1.88. The van der Waals surface area contributed by atoms with Crippen LogP contribution in [0.15, 0.2) is 18.2 Å². The van der Waals surface area contributed by atoms with Gasteiger partial charge in [-0.25, -0.2) is 4.98 Å². The van der Waals surface area contributed by atoms with Crippen molar-refractivity contribution in [1.29, 1.82) is 5.26 Å². The molecule has 0 N–H and O–H groups in total. The zero-order valence-electron chi connectivity index (χ0n) is 11.6. The Hall–Kier alpha value is -2.48. The predicted molar refractivity (Wildman–Crippen MR) is 78.9 cm³/mol. The van der Waals surface area contributed by atoms with E-state index < -0.39 is 0 Å². The SMILES string of the molecule is N#Cc1cc2cc3c(cc2nc1N1CCCC1)OCCO3. The Morgan fingerprint density at radius 3 is 2.48 bits per heavy atom. The van der Waals surface area contributed by atoms with Gasteiger partial charge in [0.25, 0.3) is 0 Å². The second-order valence-corrected chi connectivity index (χ2v) is 5.35. The first-order valence-corrected chi connectivity index (χ1v) is 7.24. The van der Waals surface area contributed by atoms with Gasteiger partial charge in [0.2, 0.25) is 0 Å². The van der Waals surface area contributed by atoms with Gasteiger partial charge in [-0.2, -0.15) is 5.26 Å². The van der Waals surface area contributed by atoms with Crippen LogP contribution in [0.4, 0.5) is 5.82 Å². The number of anilines is 1. The van der Waals surface area contributed by atoms with Gasteiger partial charge < -0.3 is 14.4 Å². The van der Waals surface area contributed by atoms with E-state index in [9.17, 15) is 5.26 Å². The van der Waals surface area contributed by atoms with E-state index in [1.165, 1.54) is 0 Å². The maximum absolute atomic E-state index is 9.40. The molecule has 2 aromatic rings. The van der Waals surface area contributed by atoms with E-state index in [2.05, 4.69) is 11.0 Å². The van der Waals surface area contributed by atoms with Gasteiger partial charge in [0.05, 0.1) is 11.1 Å². The molecule has 0 bridgehead atoms. The van der Waals surface area contributed by atoms with Crippen molar-refractivity contribution >= 4 is 16.7 Å². The molecule has 1 saturated heterocycles. The molecule has 1 fully saturated rings. The highest BCUT2D eigenvalue weighted by Gasteiger charge is 2.20. The first kappa shape index (κ1) is 12.3. The van der Waals surface area contributed by atoms with Crippen LogP contribution in [0.25, 0.3) is 10.9 Å². The fraction of sp³-hybridized carbons (Fsp3) is 0.375. The highest BCUT2D eigenvalue weighted by Crippen LogP contribution is 2.36. The van der Waals surface area contributed by atoms with Crippen LogP contribution in [0.3, 0.4) is 0 Å². The van der Waals surface area contributed by atoms with Crippen LogP contribution in [-0.4, -0.2) is 31.3 Å². The number of benzene rings is 1. The second kappa shape index (κ2) is 4.81. The molecule has 0 spiro atoms. The molecular weight excluding hydrogens is 266 g/mol. The lowest BCUT2D eigenvalue weighted by Gasteiger charge is -2.21. The maximum Gasteiger partial charge on any atom is 0.163 e. The molecule has 106 valence electrons. The quantitative estimate of drug-likeness (QED) is 0.803. The lowest BCUT2D eigenvalue weighted by atomic mass is 10.1. The van der Waals surface area contributed by atoms with Gasteiger partial charge in [-0.15, -0.1) is 0 Å². The van der Waals surface area contributed by atoms with Crippen molar-refractivity contribution < 1.29 is 9.47 Å². The van der Waals surface area contributed by atoms with Crippen LogP contribution in [0, 0.1) is 11.3 Å². The van der Waals surface area contributed by atoms with Crippen molar-refractivity contribution in [3.05, 3.63) is 23.8 Å². The first-order chi connectivity index (χ1) is 10.3. The Morgan fingerprint density at radius 2 is 1.76 bits per heavy atom. The number of nitrogens with zero attached hydrogens (tertiary/aromatic N) is 3. The molecule has 3 heterocycles. The summed E-state index contributed by atoms with van der Waals surface area (Å²) in [7, 11) is 0. The minimum absolute atomic E-state index is 0.558. The van der Waals surface area contributed by atoms with Crippen LogP contribution >= 0.6 is 0 Å². The van der Waals surface area contributed by atoms with Gasteiger partial charge in [0.15, 0.2) is 11.5 Å². The smallest absolute Gasteiger partial charge is 0.163 e. The minimum Gasteiger partial charge on any atom is -0.486 e. The van der Waals surface area contributed by atoms with E-state index in [1.807, 2.05) is 18.2 Å². The van der Waals surface area contributed by atoms with Crippen molar-refractivity contribution in [1.82, 2.24) is 4.98 Å². The molecule has 5 heteroatoms. The summed E-state index contributed by atoms with van der Waals surface area (Å²) in [6.07, 6.45) is 2.32. The summed E-state index contributed by atoms with van der Waals surface area (Å²) >= 11 is 0. The average molecular weight is 281 g/mol. The number of hydrogen-bond acceptors (Lipinski definition) is 5. The van der Waals surface area contributed by atoms with Crippen LogP contribution in [0.2, 0.25) is 0 Å². The van der Waals surface area contributed by atoms with Gasteiger partial charge in [-0.1, -0.05) is 0 Å². The fourth-order valence-corrected chi connectivity index (χ4v) is 2.95. The Bertz CT molecular complexity index is 745. The second-order valence-electron chi connectivity index (χ2n) is 5.35. The molecule has 1 aromatic carbocycles. The van der Waals surface area contributed by atoms with Gasteiger partial charge >= 0.3 is 0 Å². The summed E-state index contributed by atoms with van der Waals surface area (Å²) in [5.74, 6) is 2.26. The Morgan fingerprint density at radius 1 is 1.05 bits per heavy atom. The third kappa shape index (κ3) is 2.04. The zero-order valence-corrected chi connectivity index (χ0v) is 11.6. The summed E-state index contributed by atoms with van der Waals surface area (Å²) in [6.45, 7) is 3.06. The van der Waals surface area contributed by atoms with Crippen molar-refractivity contribution in [3.8, 4) is 17.6 Å². The molecule has 0 atom stereocenters. The Labute approximate surface area is 122 Å². The van der Waals surface area contributed by atoms with E-state index in [1.54, 1.807) is 0 Å². The minimum atomic E-state index is 0.558. The topological polar surface area (TPSA) is 58.4 Å². The lowest BCUT2D eigenvalue weighted by Crippen LogP contribution is -2.20. The molecule has 0 unspecified atom stereocenters. The van der Waals surface area contributed by atoms with E-state index in [0.29, 0.717) is 18.8 Å². The third-order valence-corrected chi connectivity index (χ3v) is 3.98. The molecule has 0 saturated carbocycles. The monoisotopic (exact) mass is 281 g/mol. The average Bonchev–Trinajstić information content (AvgIpc) is 3.05. The highest BCUT2D eigenvalue weighted by atomic mass is 16.6. The number of hydrogen-bond donors (Lipinski definition) is 0. The number of pyridine rings is 1. The first-order valence-electron chi connectivity index (χ1n) is 7.24. The highest BCUT2D eigenvalue weighted by molar-refractivity contribution is 5.86. The standard InChI is InChI=1S/C16H15N3O2/c17-10-12-7-11-8-14-15(21-6-5-20-14)9-13(11)18-16(12)19-3-1-2-4-19/h7-9H,1-6H2. The van der Waals surface area contributed by atoms with Crippen molar-refractivity contribution in [3.63, 3.8) is 0 Å². The molecule has 1 aromatic heterocycles. The summed E-state index contributed by atoms with van der Waals surface area (Å²) in [6, 6.07) is 7.98. The van der Waals surface area contributed by atoms with Crippen molar-refractivity contribution in [2.45, 2.75) is 12.8 Å². The molecule has 4 rings (SSSR count). The molecule has 2 aliphatic heterocycles. The molecule has 0 amide bonds. The number of fused-ring (bicyclic) bond motifs is 2. The number of aromatic nitrogens is 1. The van der Waals surface area contributed by atoms with Gasteiger partial charge in [0, 0.05) is 24.5 Å². The molecule has 5 nitrogen and oxygen atoms in total. The molecule has 0 radical (unpaired) electrons. The normalized spacial score (nSPS) is 17.0. The van der Waals surface area contributed by atoms with Gasteiger partial charge in [-0.3, -0.25) is 0 Å². The zero-order chi connectivity index (χ0) is 14.2. The Kier molecular flexibility index (Phi) is 2.81. The van der Waals surface area contributed by atoms with Crippen LogP contribution in [0.1, 0.15) is 18.4 Å². The summed E-state index contributed by atoms with van der Waals surface area (Å²) < 4.78 is 11.2. The fourth-order valence-electron chi connectivity index (χ4n) is 2.95. The van der Waals surface area contributed by atoms with Crippen molar-refractivity contribution in [2.75, 3.05) is 31.2 Å². The molecule has 21 heavy (non-hydrogen) atoms. The number of rotatable bonds is 1. The molecule has 0 aliphatic carbocycles. The largest absolute Gasteiger partial charge is 0.486 e. The summed E-state index contributed by atoms with van der Waals surface area (Å²) in [5, 5.41) is 10.3. The summed E-state index contributed by atoms with van der Waals surface area (Å²) in [5.41, 5.74) is 1.47. The van der Waals surface area contributed by atoms with E-state index in [4.69, 9.17) is 14.5 Å². The van der Waals surface area contributed by atoms with E-state index >= 15 is 0 Å². The molecular formula is C16H15N3O2. The predicted octanol–water partition coefficient (Wildman–Crippen LogP) is 2.48. The van der Waals surface area contributed by atoms with Gasteiger partial charge in [0.1, 0.15) is 25.1 Å². The number of nitriles is 1. The van der Waals surface area contributed by atoms with E-state index in [0.717, 1.165) is 54.2 Å². The van der Waals surface area contributed by atoms with Crippen LogP contribution in [-0.2, 0) is 0 Å². The lowest BCUT2D eigenvalue weighted by molar-refractivity contribution is 0.172. The van der Waals surface area contributed by atoms with Crippen molar-refractivity contribution in [2.24, 2.45) is 0 Å².